The summed E-state index contributed by atoms with van der Waals surface area (Å²) >= 11 is 0. The average Bonchev–Trinajstić information content (AvgIpc) is 3.19. The molecule has 5 nitrogen and oxygen atoms in total. The number of methoxy groups -OCH3 is 1. The predicted molar refractivity (Wildman–Crippen MR) is 152 cm³/mol. The lowest BCUT2D eigenvalue weighted by molar-refractivity contribution is -0.119. The Morgan fingerprint density at radius 2 is 1.67 bits per heavy atom. The van der Waals surface area contributed by atoms with Crippen LogP contribution in [-0.2, 0) is 16.6 Å². The van der Waals surface area contributed by atoms with Crippen LogP contribution in [0.25, 0.3) is 0 Å². The van der Waals surface area contributed by atoms with E-state index < -0.39 is 5.41 Å². The van der Waals surface area contributed by atoms with Gasteiger partial charge in [0.05, 0.1) is 7.11 Å². The Morgan fingerprint density at radius 3 is 2.36 bits per heavy atom. The van der Waals surface area contributed by atoms with Gasteiger partial charge in [0.1, 0.15) is 11.2 Å². The van der Waals surface area contributed by atoms with Crippen molar-refractivity contribution in [2.24, 2.45) is 0 Å². The summed E-state index contributed by atoms with van der Waals surface area (Å²) in [5.41, 5.74) is 4.96. The molecule has 7 heteroatoms. The van der Waals surface area contributed by atoms with Gasteiger partial charge >= 0.3 is 0 Å². The second-order valence-electron chi connectivity index (χ2n) is 9.24. The molecule has 5 rings (SSSR count). The lowest BCUT2D eigenvalue weighted by Crippen LogP contribution is -2.48. The smallest absolute Gasteiger partial charge is 0.239 e. The number of anilines is 2. The van der Waals surface area contributed by atoms with Crippen LogP contribution in [0.1, 0.15) is 30.0 Å². The number of carbonyl (C=O) groups is 1. The van der Waals surface area contributed by atoms with E-state index in [1.165, 1.54) is 11.3 Å². The molecule has 1 saturated heterocycles. The Labute approximate surface area is 226 Å². The third-order valence-corrected chi connectivity index (χ3v) is 7.45. The maximum atomic E-state index is 13.6. The van der Waals surface area contributed by atoms with Gasteiger partial charge in [-0.05, 0) is 54.3 Å². The number of carbonyl (C=O) groups excluding carboxylic acids is 1. The first-order chi connectivity index (χ1) is 16.6. The zero-order valence-electron chi connectivity index (χ0n) is 20.9. The molecule has 0 aliphatic carbocycles. The van der Waals surface area contributed by atoms with Crippen molar-refractivity contribution in [3.8, 4) is 5.75 Å². The van der Waals surface area contributed by atoms with Crippen LogP contribution in [0.3, 0.4) is 0 Å². The summed E-state index contributed by atoms with van der Waals surface area (Å²) in [6, 6.07) is 25.0. The van der Waals surface area contributed by atoms with Gasteiger partial charge in [-0.2, -0.15) is 0 Å². The molecule has 3 aromatic carbocycles. The Kier molecular flexibility index (Phi) is 9.29. The van der Waals surface area contributed by atoms with E-state index in [1.807, 2.05) is 30.3 Å². The third-order valence-electron chi connectivity index (χ3n) is 7.45. The normalized spacial score (nSPS) is 19.1. The number of nitrogens with one attached hydrogen (secondary N) is 1. The zero-order chi connectivity index (χ0) is 23.5. The number of piperazine rings is 1. The average molecular weight is 529 g/mol. The number of fused-ring (bicyclic) bond motifs is 1. The van der Waals surface area contributed by atoms with Gasteiger partial charge in [-0.25, -0.2) is 0 Å². The molecule has 0 aromatic heterocycles. The fourth-order valence-electron chi connectivity index (χ4n) is 5.40. The summed E-state index contributed by atoms with van der Waals surface area (Å²) in [6.07, 6.45) is 1.72. The molecule has 0 bridgehead atoms. The topological polar surface area (TPSA) is 44.8 Å². The first-order valence-corrected chi connectivity index (χ1v) is 12.3. The molecule has 3 aromatic rings. The van der Waals surface area contributed by atoms with Crippen LogP contribution in [0.2, 0.25) is 0 Å². The van der Waals surface area contributed by atoms with Gasteiger partial charge in [0.2, 0.25) is 5.91 Å². The van der Waals surface area contributed by atoms with Gasteiger partial charge in [-0.3, -0.25) is 9.69 Å². The van der Waals surface area contributed by atoms with E-state index in [2.05, 4.69) is 64.5 Å². The highest BCUT2D eigenvalue weighted by atomic mass is 35.5. The molecule has 2 heterocycles. The predicted octanol–water partition coefficient (Wildman–Crippen LogP) is 5.55. The van der Waals surface area contributed by atoms with E-state index in [-0.39, 0.29) is 30.7 Å². The Balaban J connectivity index is 0.00000180. The minimum Gasteiger partial charge on any atom is -0.497 e. The number of nitrogens with zero attached hydrogens (tertiary/aromatic N) is 2. The van der Waals surface area contributed by atoms with Gasteiger partial charge in [0, 0.05) is 43.6 Å². The van der Waals surface area contributed by atoms with Gasteiger partial charge in [-0.15, -0.1) is 24.8 Å². The summed E-state index contributed by atoms with van der Waals surface area (Å²) in [6.45, 7) is 6.91. The number of rotatable bonds is 7. The van der Waals surface area contributed by atoms with Crippen molar-refractivity contribution in [1.29, 1.82) is 0 Å². The Morgan fingerprint density at radius 1 is 0.917 bits per heavy atom. The van der Waals surface area contributed by atoms with Crippen molar-refractivity contribution in [2.45, 2.75) is 25.2 Å². The lowest BCUT2D eigenvalue weighted by atomic mass is 9.72. The quantitative estimate of drug-likeness (QED) is 0.437. The number of benzene rings is 3. The highest BCUT2D eigenvalue weighted by Gasteiger charge is 2.48. The number of halogens is 2. The maximum absolute atomic E-state index is 13.6. The second-order valence-corrected chi connectivity index (χ2v) is 9.24. The minimum absolute atomic E-state index is 0. The van der Waals surface area contributed by atoms with Crippen molar-refractivity contribution in [3.05, 3.63) is 89.5 Å². The van der Waals surface area contributed by atoms with Crippen LogP contribution in [0.15, 0.2) is 72.8 Å². The number of amides is 1. The molecule has 0 saturated carbocycles. The van der Waals surface area contributed by atoms with Crippen LogP contribution in [0.5, 0.6) is 5.75 Å². The molecule has 0 spiro atoms. The van der Waals surface area contributed by atoms with Crippen LogP contribution in [0.4, 0.5) is 11.4 Å². The van der Waals surface area contributed by atoms with Crippen molar-refractivity contribution in [3.63, 3.8) is 0 Å². The van der Waals surface area contributed by atoms with Gasteiger partial charge in [0.15, 0.2) is 0 Å². The van der Waals surface area contributed by atoms with Crippen LogP contribution in [-0.4, -0.2) is 50.6 Å². The van der Waals surface area contributed by atoms with Crippen molar-refractivity contribution in [1.82, 2.24) is 4.90 Å². The fourth-order valence-corrected chi connectivity index (χ4v) is 5.40. The van der Waals surface area contributed by atoms with E-state index in [1.54, 1.807) is 7.11 Å². The molecule has 1 N–H and O–H groups in total. The molecule has 1 unspecified atom stereocenters. The molecule has 36 heavy (non-hydrogen) atoms. The van der Waals surface area contributed by atoms with Crippen LogP contribution >= 0.6 is 24.8 Å². The van der Waals surface area contributed by atoms with E-state index in [4.69, 9.17) is 4.74 Å². The first-order valence-electron chi connectivity index (χ1n) is 12.3. The summed E-state index contributed by atoms with van der Waals surface area (Å²) in [7, 11) is 1.71. The van der Waals surface area contributed by atoms with Crippen molar-refractivity contribution < 1.29 is 9.53 Å². The zero-order valence-corrected chi connectivity index (χ0v) is 22.5. The second kappa shape index (κ2) is 12.0. The van der Waals surface area contributed by atoms with Crippen LogP contribution < -0.4 is 15.0 Å². The molecule has 192 valence electrons. The fraction of sp³-hybridized carbons (Fsp3) is 0.345. The Hall–Kier alpha value is -2.73. The van der Waals surface area contributed by atoms with Crippen molar-refractivity contribution in [2.75, 3.05) is 50.1 Å². The largest absolute Gasteiger partial charge is 0.497 e. The lowest BCUT2D eigenvalue weighted by Gasteiger charge is -2.38. The standard InChI is InChI=1S/C29H33N3O2.2ClH/c1-3-22-12-13-26-27(20-22)30-28(33)29(26,23-8-5-4-6-9-23)14-15-31-16-18-32(19-17-31)24-10-7-11-25(21-24)34-2;;/h4-13,20-21H,3,14-19H2,1-2H3,(H,30,33);2*1H. The first kappa shape index (κ1) is 27.9. The summed E-state index contributed by atoms with van der Waals surface area (Å²) < 4.78 is 5.39. The van der Waals surface area contributed by atoms with Crippen LogP contribution in [0, 0.1) is 0 Å². The SMILES string of the molecule is CCc1ccc2c(c1)NC(=O)C2(CCN1CCN(c2cccc(OC)c2)CC1)c1ccccc1.Cl.Cl. The molecule has 1 atom stereocenters. The van der Waals surface area contributed by atoms with E-state index in [9.17, 15) is 4.79 Å². The molecule has 1 amide bonds. The van der Waals surface area contributed by atoms with E-state index in [0.29, 0.717) is 0 Å². The number of aryl methyl sites for hydroxylation is 1. The van der Waals surface area contributed by atoms with Crippen molar-refractivity contribution >= 4 is 42.1 Å². The maximum Gasteiger partial charge on any atom is 0.239 e. The monoisotopic (exact) mass is 527 g/mol. The summed E-state index contributed by atoms with van der Waals surface area (Å²) in [5.74, 6) is 0.985. The molecular formula is C29H35Cl2N3O2. The molecule has 1 fully saturated rings. The van der Waals surface area contributed by atoms with Gasteiger partial charge in [-0.1, -0.05) is 55.5 Å². The van der Waals surface area contributed by atoms with E-state index in [0.717, 1.165) is 68.1 Å². The third kappa shape index (κ3) is 5.19. The highest BCUT2D eigenvalue weighted by Crippen LogP contribution is 2.45. The number of hydrogen-bond donors (Lipinski definition) is 1. The molecule has 2 aliphatic heterocycles. The molecule has 2 aliphatic rings. The van der Waals surface area contributed by atoms with Gasteiger partial charge in [0.25, 0.3) is 0 Å². The number of hydrogen-bond acceptors (Lipinski definition) is 4. The Bertz CT molecular complexity index is 1170. The number of ether oxygens (including phenoxy) is 1. The highest BCUT2D eigenvalue weighted by molar-refractivity contribution is 6.08. The molecular weight excluding hydrogens is 493 g/mol. The molecule has 0 radical (unpaired) electrons. The van der Waals surface area contributed by atoms with Gasteiger partial charge < -0.3 is 15.0 Å². The summed E-state index contributed by atoms with van der Waals surface area (Å²) in [5, 5.41) is 3.21. The van der Waals surface area contributed by atoms with E-state index >= 15 is 0 Å². The minimum atomic E-state index is -0.646. The summed E-state index contributed by atoms with van der Waals surface area (Å²) in [4.78, 5) is 18.5.